The minimum absolute atomic E-state index is 0.327. The van der Waals surface area contributed by atoms with Gasteiger partial charge in [-0.3, -0.25) is 0 Å². The van der Waals surface area contributed by atoms with Crippen molar-refractivity contribution >= 4 is 11.7 Å². The molecule has 0 aliphatic heterocycles. The Bertz CT molecular complexity index is 540. The Morgan fingerprint density at radius 1 is 1.26 bits per heavy atom. The van der Waals surface area contributed by atoms with Gasteiger partial charge in [-0.15, -0.1) is 13.2 Å². The second-order valence-electron chi connectivity index (χ2n) is 6.09. The highest BCUT2D eigenvalue weighted by atomic mass is 19.4. The predicted octanol–water partition coefficient (Wildman–Crippen LogP) is 3.40. The highest BCUT2D eigenvalue weighted by Crippen LogP contribution is 2.28. The lowest BCUT2D eigenvalue weighted by atomic mass is 10.1. The van der Waals surface area contributed by atoms with Crippen LogP contribution in [0.2, 0.25) is 0 Å². The Labute approximate surface area is 133 Å². The van der Waals surface area contributed by atoms with Gasteiger partial charge in [0.1, 0.15) is 5.75 Å². The number of hydrogen-bond donors (Lipinski definition) is 3. The van der Waals surface area contributed by atoms with Crippen molar-refractivity contribution in [1.29, 1.82) is 0 Å². The van der Waals surface area contributed by atoms with Crippen LogP contribution in [0, 0.1) is 0 Å². The minimum Gasteiger partial charge on any atom is -0.406 e. The highest BCUT2D eigenvalue weighted by Gasteiger charge is 2.31. The van der Waals surface area contributed by atoms with Crippen molar-refractivity contribution in [3.63, 3.8) is 0 Å². The molecule has 0 spiro atoms. The second-order valence-corrected chi connectivity index (χ2v) is 6.09. The van der Waals surface area contributed by atoms with Crippen molar-refractivity contribution in [2.24, 2.45) is 5.73 Å². The molecule has 0 aliphatic carbocycles. The Balaban J connectivity index is 2.94. The van der Waals surface area contributed by atoms with Gasteiger partial charge in [0.15, 0.2) is 0 Å². The lowest BCUT2D eigenvalue weighted by molar-refractivity contribution is -0.274. The summed E-state index contributed by atoms with van der Waals surface area (Å²) < 4.78 is 40.8. The number of anilines is 1. The van der Waals surface area contributed by atoms with Gasteiger partial charge in [-0.2, -0.15) is 0 Å². The number of nitrogens with one attached hydrogen (secondary N) is 2. The molecule has 4 N–H and O–H groups in total. The summed E-state index contributed by atoms with van der Waals surface area (Å²) in [4.78, 5) is 11.9. The molecule has 0 unspecified atom stereocenters. The first-order valence-electron chi connectivity index (χ1n) is 7.18. The molecule has 0 saturated heterocycles. The van der Waals surface area contributed by atoms with Crippen LogP contribution < -0.4 is 21.1 Å². The van der Waals surface area contributed by atoms with Gasteiger partial charge in [0.2, 0.25) is 0 Å². The number of carbonyl (C=O) groups is 1. The quantitative estimate of drug-likeness (QED) is 0.773. The molecule has 2 amide bonds. The smallest absolute Gasteiger partial charge is 0.406 e. The Hall–Kier alpha value is -1.96. The zero-order chi connectivity index (χ0) is 17.7. The number of aryl methyl sites for hydroxylation is 1. The highest BCUT2D eigenvalue weighted by molar-refractivity contribution is 5.90. The second kappa shape index (κ2) is 7.54. The van der Waals surface area contributed by atoms with E-state index in [4.69, 9.17) is 5.73 Å². The van der Waals surface area contributed by atoms with Crippen LogP contribution in [-0.2, 0) is 6.42 Å². The van der Waals surface area contributed by atoms with Crippen LogP contribution in [0.3, 0.4) is 0 Å². The molecule has 0 heterocycles. The summed E-state index contributed by atoms with van der Waals surface area (Å²) in [5.41, 5.74) is 5.96. The molecular formula is C15H22F3N3O2. The standard InChI is InChI=1S/C15H22F3N3O2/c1-14(2,3)21-13(22)20-12-7-6-11(23-15(16,17)18)9-10(12)5-4-8-19/h6-7,9H,4-5,8,19H2,1-3H3,(H2,20,21,22). The third kappa shape index (κ3) is 7.73. The normalized spacial score (nSPS) is 12.0. The number of rotatable bonds is 5. The number of amides is 2. The summed E-state index contributed by atoms with van der Waals surface area (Å²) in [7, 11) is 0. The van der Waals surface area contributed by atoms with Gasteiger partial charge in [0.05, 0.1) is 0 Å². The molecule has 0 atom stereocenters. The van der Waals surface area contributed by atoms with E-state index in [-0.39, 0.29) is 5.75 Å². The van der Waals surface area contributed by atoms with Gasteiger partial charge in [-0.1, -0.05) is 0 Å². The van der Waals surface area contributed by atoms with Gasteiger partial charge in [0, 0.05) is 11.2 Å². The largest absolute Gasteiger partial charge is 0.573 e. The van der Waals surface area contributed by atoms with Crippen LogP contribution >= 0.6 is 0 Å². The van der Waals surface area contributed by atoms with E-state index in [1.165, 1.54) is 12.1 Å². The number of nitrogens with two attached hydrogens (primary N) is 1. The van der Waals surface area contributed by atoms with Crippen molar-refractivity contribution in [3.05, 3.63) is 23.8 Å². The van der Waals surface area contributed by atoms with Crippen molar-refractivity contribution in [2.45, 2.75) is 45.5 Å². The molecule has 0 saturated carbocycles. The number of alkyl halides is 3. The Kier molecular flexibility index (Phi) is 6.26. The summed E-state index contributed by atoms with van der Waals surface area (Å²) in [6.07, 6.45) is -3.76. The van der Waals surface area contributed by atoms with Crippen molar-refractivity contribution in [1.82, 2.24) is 5.32 Å². The average molecular weight is 333 g/mol. The lowest BCUT2D eigenvalue weighted by Gasteiger charge is -2.22. The fourth-order valence-corrected chi connectivity index (χ4v) is 1.88. The molecular weight excluding hydrogens is 311 g/mol. The maximum atomic E-state index is 12.3. The molecule has 0 bridgehead atoms. The number of urea groups is 1. The maximum absolute atomic E-state index is 12.3. The molecule has 5 nitrogen and oxygen atoms in total. The van der Waals surface area contributed by atoms with Crippen LogP contribution in [0.4, 0.5) is 23.7 Å². The summed E-state index contributed by atoms with van der Waals surface area (Å²) in [6, 6.07) is 3.37. The first-order valence-corrected chi connectivity index (χ1v) is 7.18. The van der Waals surface area contributed by atoms with Crippen LogP contribution in [-0.4, -0.2) is 24.5 Å². The van der Waals surface area contributed by atoms with E-state index in [1.54, 1.807) is 0 Å². The molecule has 1 aromatic carbocycles. The first kappa shape index (κ1) is 19.1. The Morgan fingerprint density at radius 2 is 1.91 bits per heavy atom. The number of halogens is 3. The van der Waals surface area contributed by atoms with Crippen LogP contribution in [0.25, 0.3) is 0 Å². The van der Waals surface area contributed by atoms with E-state index in [9.17, 15) is 18.0 Å². The first-order chi connectivity index (χ1) is 10.5. The summed E-state index contributed by atoms with van der Waals surface area (Å²) in [5.74, 6) is -0.327. The Morgan fingerprint density at radius 3 is 2.43 bits per heavy atom. The lowest BCUT2D eigenvalue weighted by Crippen LogP contribution is -2.43. The van der Waals surface area contributed by atoms with Crippen LogP contribution in [0.5, 0.6) is 5.75 Å². The number of benzene rings is 1. The zero-order valence-electron chi connectivity index (χ0n) is 13.4. The predicted molar refractivity (Wildman–Crippen MR) is 82.4 cm³/mol. The molecule has 0 aliphatic rings. The van der Waals surface area contributed by atoms with E-state index in [2.05, 4.69) is 15.4 Å². The van der Waals surface area contributed by atoms with E-state index in [0.29, 0.717) is 30.6 Å². The van der Waals surface area contributed by atoms with Crippen molar-refractivity contribution in [3.8, 4) is 5.75 Å². The number of carbonyl (C=O) groups excluding carboxylic acids is 1. The average Bonchev–Trinajstić information content (AvgIpc) is 2.34. The molecule has 0 radical (unpaired) electrons. The van der Waals surface area contributed by atoms with Crippen LogP contribution in [0.15, 0.2) is 18.2 Å². The van der Waals surface area contributed by atoms with E-state index in [1.807, 2.05) is 20.8 Å². The number of hydrogen-bond acceptors (Lipinski definition) is 3. The van der Waals surface area contributed by atoms with Gasteiger partial charge in [0.25, 0.3) is 0 Å². The van der Waals surface area contributed by atoms with Gasteiger partial charge < -0.3 is 21.1 Å². The molecule has 8 heteroatoms. The molecule has 1 rings (SSSR count). The van der Waals surface area contributed by atoms with Gasteiger partial charge in [-0.05, 0) is 63.9 Å². The van der Waals surface area contributed by atoms with Gasteiger partial charge in [-0.25, -0.2) is 4.79 Å². The van der Waals surface area contributed by atoms with Crippen molar-refractivity contribution < 1.29 is 22.7 Å². The topological polar surface area (TPSA) is 76.4 Å². The third-order valence-corrected chi connectivity index (χ3v) is 2.70. The van der Waals surface area contributed by atoms with E-state index in [0.717, 1.165) is 6.07 Å². The molecule has 1 aromatic rings. The molecule has 23 heavy (non-hydrogen) atoms. The molecule has 130 valence electrons. The molecule has 0 fully saturated rings. The van der Waals surface area contributed by atoms with Crippen molar-refractivity contribution in [2.75, 3.05) is 11.9 Å². The summed E-state index contributed by atoms with van der Waals surface area (Å²) >= 11 is 0. The summed E-state index contributed by atoms with van der Waals surface area (Å²) in [6.45, 7) is 5.85. The fraction of sp³-hybridized carbons (Fsp3) is 0.533. The molecule has 0 aromatic heterocycles. The van der Waals surface area contributed by atoms with Crippen LogP contribution in [0.1, 0.15) is 32.8 Å². The maximum Gasteiger partial charge on any atom is 0.573 e. The fourth-order valence-electron chi connectivity index (χ4n) is 1.88. The van der Waals surface area contributed by atoms with Gasteiger partial charge >= 0.3 is 12.4 Å². The monoisotopic (exact) mass is 333 g/mol. The zero-order valence-corrected chi connectivity index (χ0v) is 13.4. The SMILES string of the molecule is CC(C)(C)NC(=O)Nc1ccc(OC(F)(F)F)cc1CCCN. The summed E-state index contributed by atoms with van der Waals surface area (Å²) in [5, 5.41) is 5.36. The third-order valence-electron chi connectivity index (χ3n) is 2.70. The van der Waals surface area contributed by atoms with E-state index >= 15 is 0 Å². The van der Waals surface area contributed by atoms with E-state index < -0.39 is 17.9 Å². The minimum atomic E-state index is -4.76. The number of ether oxygens (including phenoxy) is 1.